The maximum atomic E-state index is 11.6. The Balaban J connectivity index is 2.10. The summed E-state index contributed by atoms with van der Waals surface area (Å²) in [4.78, 5) is 22.2. The topological polar surface area (TPSA) is 58.6 Å². The summed E-state index contributed by atoms with van der Waals surface area (Å²) in [6.45, 7) is 0. The molecule has 0 unspecified atom stereocenters. The molecule has 2 rings (SSSR count). The lowest BCUT2D eigenvalue weighted by atomic mass is 10.1. The van der Waals surface area contributed by atoms with Crippen molar-refractivity contribution in [3.05, 3.63) is 48.3 Å². The van der Waals surface area contributed by atoms with Gasteiger partial charge in [0, 0.05) is 24.2 Å². The van der Waals surface area contributed by atoms with Crippen molar-refractivity contribution >= 4 is 5.78 Å². The number of carbonyl (C=O) groups excluding carboxylic acids is 1. The normalized spacial score (nSPS) is 10.0. The number of nitrogens with zero attached hydrogens (tertiary/aromatic N) is 2. The summed E-state index contributed by atoms with van der Waals surface area (Å²) in [7, 11) is 0. The minimum Gasteiger partial charge on any atom is -0.367 e. The molecule has 70 valence electrons. The minimum absolute atomic E-state index is 0.0601. The van der Waals surface area contributed by atoms with Gasteiger partial charge in [-0.2, -0.15) is 0 Å². The third kappa shape index (κ3) is 1.85. The van der Waals surface area contributed by atoms with Crippen LogP contribution < -0.4 is 0 Å². The second-order valence-corrected chi connectivity index (χ2v) is 2.90. The van der Waals surface area contributed by atoms with Crippen molar-refractivity contribution < 1.29 is 4.79 Å². The smallest absolute Gasteiger partial charge is 0.170 e. The van der Waals surface area contributed by atoms with E-state index in [9.17, 15) is 4.79 Å². The van der Waals surface area contributed by atoms with Crippen LogP contribution in [0.15, 0.2) is 37.1 Å². The molecule has 2 heterocycles. The number of ketones is 1. The van der Waals surface area contributed by atoms with E-state index < -0.39 is 0 Å². The van der Waals surface area contributed by atoms with Crippen molar-refractivity contribution in [1.82, 2.24) is 15.0 Å². The number of nitrogens with one attached hydrogen (secondary N) is 1. The Labute approximate surface area is 81.0 Å². The van der Waals surface area contributed by atoms with E-state index in [0.717, 1.165) is 5.69 Å². The van der Waals surface area contributed by atoms with Crippen LogP contribution in [0.25, 0.3) is 0 Å². The van der Waals surface area contributed by atoms with E-state index in [2.05, 4.69) is 15.0 Å². The first kappa shape index (κ1) is 8.62. The van der Waals surface area contributed by atoms with Gasteiger partial charge in [0.2, 0.25) is 0 Å². The fraction of sp³-hybridized carbons (Fsp3) is 0.100. The number of rotatable bonds is 3. The molecule has 4 nitrogen and oxygen atoms in total. The monoisotopic (exact) mass is 187 g/mol. The number of hydrogen-bond donors (Lipinski definition) is 1. The van der Waals surface area contributed by atoms with E-state index in [-0.39, 0.29) is 5.78 Å². The predicted molar refractivity (Wildman–Crippen MR) is 50.9 cm³/mol. The molecule has 2 aromatic heterocycles. The Morgan fingerprint density at radius 2 is 2.36 bits per heavy atom. The standard InChI is InChI=1S/C10H9N3O/c14-10(8-1-3-11-6-8)5-9-2-4-12-7-13-9/h1-4,6-7,11H,5H2. The van der Waals surface area contributed by atoms with Crippen LogP contribution in [0.3, 0.4) is 0 Å². The molecule has 0 aromatic carbocycles. The van der Waals surface area contributed by atoms with Crippen LogP contribution in [0.4, 0.5) is 0 Å². The molecule has 0 aliphatic rings. The lowest BCUT2D eigenvalue weighted by molar-refractivity contribution is 0.0992. The van der Waals surface area contributed by atoms with Crippen LogP contribution in [-0.2, 0) is 6.42 Å². The van der Waals surface area contributed by atoms with Gasteiger partial charge in [-0.15, -0.1) is 0 Å². The highest BCUT2D eigenvalue weighted by Gasteiger charge is 2.07. The molecule has 0 atom stereocenters. The average Bonchev–Trinajstić information content (AvgIpc) is 2.72. The van der Waals surface area contributed by atoms with Gasteiger partial charge in [-0.25, -0.2) is 9.97 Å². The molecule has 0 bridgehead atoms. The second kappa shape index (κ2) is 3.83. The van der Waals surface area contributed by atoms with Gasteiger partial charge < -0.3 is 4.98 Å². The van der Waals surface area contributed by atoms with E-state index in [1.165, 1.54) is 6.33 Å². The summed E-state index contributed by atoms with van der Waals surface area (Å²) < 4.78 is 0. The van der Waals surface area contributed by atoms with Crippen molar-refractivity contribution in [1.29, 1.82) is 0 Å². The van der Waals surface area contributed by atoms with Crippen LogP contribution in [0.2, 0.25) is 0 Å². The van der Waals surface area contributed by atoms with Gasteiger partial charge in [0.15, 0.2) is 5.78 Å². The first-order chi connectivity index (χ1) is 6.86. The summed E-state index contributed by atoms with van der Waals surface area (Å²) in [5, 5.41) is 0. The van der Waals surface area contributed by atoms with Crippen LogP contribution in [0, 0.1) is 0 Å². The Morgan fingerprint density at radius 1 is 1.43 bits per heavy atom. The Bertz CT molecular complexity index is 408. The molecule has 0 radical (unpaired) electrons. The largest absolute Gasteiger partial charge is 0.367 e. The summed E-state index contributed by atoms with van der Waals surface area (Å²) in [5.41, 5.74) is 1.43. The molecule has 14 heavy (non-hydrogen) atoms. The molecule has 1 N–H and O–H groups in total. The zero-order valence-electron chi connectivity index (χ0n) is 7.47. The number of aromatic amines is 1. The number of Topliss-reactive ketones (excluding diaryl/α,β-unsaturated/α-hetero) is 1. The average molecular weight is 187 g/mol. The zero-order chi connectivity index (χ0) is 9.80. The Morgan fingerprint density at radius 3 is 3.00 bits per heavy atom. The van der Waals surface area contributed by atoms with E-state index in [1.807, 2.05) is 0 Å². The molecule has 0 aliphatic heterocycles. The van der Waals surface area contributed by atoms with E-state index in [4.69, 9.17) is 0 Å². The number of carbonyl (C=O) groups is 1. The lowest BCUT2D eigenvalue weighted by Crippen LogP contribution is -2.03. The van der Waals surface area contributed by atoms with Crippen molar-refractivity contribution in [3.63, 3.8) is 0 Å². The number of aromatic nitrogens is 3. The SMILES string of the molecule is O=C(Cc1ccncn1)c1cc[nH]c1. The molecular formula is C10H9N3O. The third-order valence-corrected chi connectivity index (χ3v) is 1.90. The van der Waals surface area contributed by atoms with Crippen molar-refractivity contribution in [2.24, 2.45) is 0 Å². The van der Waals surface area contributed by atoms with Gasteiger partial charge >= 0.3 is 0 Å². The maximum absolute atomic E-state index is 11.6. The predicted octanol–water partition coefficient (Wildman–Crippen LogP) is 1.23. The second-order valence-electron chi connectivity index (χ2n) is 2.90. The third-order valence-electron chi connectivity index (χ3n) is 1.90. The summed E-state index contributed by atoms with van der Waals surface area (Å²) in [6, 6.07) is 3.49. The molecule has 4 heteroatoms. The molecule has 0 saturated carbocycles. The van der Waals surface area contributed by atoms with Crippen molar-refractivity contribution in [3.8, 4) is 0 Å². The maximum Gasteiger partial charge on any atom is 0.170 e. The van der Waals surface area contributed by atoms with E-state index in [0.29, 0.717) is 12.0 Å². The first-order valence-electron chi connectivity index (χ1n) is 4.27. The van der Waals surface area contributed by atoms with Gasteiger partial charge in [-0.3, -0.25) is 4.79 Å². The van der Waals surface area contributed by atoms with Gasteiger partial charge in [0.25, 0.3) is 0 Å². The van der Waals surface area contributed by atoms with E-state index >= 15 is 0 Å². The molecule has 2 aromatic rings. The molecule has 0 aliphatic carbocycles. The van der Waals surface area contributed by atoms with Gasteiger partial charge in [-0.05, 0) is 12.1 Å². The zero-order valence-corrected chi connectivity index (χ0v) is 7.47. The fourth-order valence-corrected chi connectivity index (χ4v) is 1.19. The number of hydrogen-bond acceptors (Lipinski definition) is 3. The highest BCUT2D eigenvalue weighted by molar-refractivity contribution is 5.97. The summed E-state index contributed by atoms with van der Waals surface area (Å²) in [5.74, 6) is 0.0601. The van der Waals surface area contributed by atoms with Crippen LogP contribution in [-0.4, -0.2) is 20.7 Å². The molecular weight excluding hydrogens is 178 g/mol. The van der Waals surface area contributed by atoms with Gasteiger partial charge in [0.05, 0.1) is 12.1 Å². The quantitative estimate of drug-likeness (QED) is 0.735. The van der Waals surface area contributed by atoms with Gasteiger partial charge in [0.1, 0.15) is 6.33 Å². The van der Waals surface area contributed by atoms with E-state index in [1.54, 1.807) is 30.7 Å². The molecule has 0 spiro atoms. The fourth-order valence-electron chi connectivity index (χ4n) is 1.19. The summed E-state index contributed by atoms with van der Waals surface area (Å²) in [6.07, 6.45) is 6.81. The minimum atomic E-state index is 0.0601. The molecule has 0 saturated heterocycles. The Kier molecular flexibility index (Phi) is 2.36. The highest BCUT2D eigenvalue weighted by Crippen LogP contribution is 2.03. The van der Waals surface area contributed by atoms with Crippen LogP contribution in [0.5, 0.6) is 0 Å². The van der Waals surface area contributed by atoms with Crippen molar-refractivity contribution in [2.45, 2.75) is 6.42 Å². The summed E-state index contributed by atoms with van der Waals surface area (Å²) >= 11 is 0. The lowest BCUT2D eigenvalue weighted by Gasteiger charge is -1.96. The molecule has 0 amide bonds. The van der Waals surface area contributed by atoms with Gasteiger partial charge in [-0.1, -0.05) is 0 Å². The number of H-pyrrole nitrogens is 1. The first-order valence-corrected chi connectivity index (χ1v) is 4.27. The highest BCUT2D eigenvalue weighted by atomic mass is 16.1. The van der Waals surface area contributed by atoms with Crippen LogP contribution >= 0.6 is 0 Å². The van der Waals surface area contributed by atoms with Crippen LogP contribution in [0.1, 0.15) is 16.1 Å². The Hall–Kier alpha value is -1.97. The van der Waals surface area contributed by atoms with Crippen molar-refractivity contribution in [2.75, 3.05) is 0 Å². The molecule has 0 fully saturated rings.